The summed E-state index contributed by atoms with van der Waals surface area (Å²) in [5, 5.41) is 5.01. The van der Waals surface area contributed by atoms with Gasteiger partial charge in [-0.15, -0.1) is 0 Å². The molecule has 10 aromatic carbocycles. The van der Waals surface area contributed by atoms with Gasteiger partial charge in [-0.05, 0) is 118 Å². The van der Waals surface area contributed by atoms with Gasteiger partial charge in [-0.25, -0.2) is 0 Å². The quantitative estimate of drug-likeness (QED) is 0.163. The summed E-state index contributed by atoms with van der Waals surface area (Å²) in [5.41, 5.74) is 19.6. The maximum Gasteiger partial charge on any atom is 0.132 e. The molecule has 0 radical (unpaired) electrons. The number of benzene rings is 10. The van der Waals surface area contributed by atoms with E-state index in [0.717, 1.165) is 11.5 Å². The zero-order chi connectivity index (χ0) is 38.5. The molecule has 1 nitrogen and oxygen atoms in total. The molecule has 1 heterocycles. The van der Waals surface area contributed by atoms with Crippen LogP contribution in [0.3, 0.4) is 0 Å². The molecule has 2 spiro atoms. The summed E-state index contributed by atoms with van der Waals surface area (Å²) >= 11 is 0. The molecule has 59 heavy (non-hydrogen) atoms. The molecule has 0 saturated carbocycles. The predicted octanol–water partition coefficient (Wildman–Crippen LogP) is 14.5. The van der Waals surface area contributed by atoms with E-state index in [1.165, 1.54) is 111 Å². The lowest BCUT2D eigenvalue weighted by Crippen LogP contribution is -2.32. The smallest absolute Gasteiger partial charge is 0.132 e. The largest absolute Gasteiger partial charge is 0.457 e. The predicted molar refractivity (Wildman–Crippen MR) is 241 cm³/mol. The van der Waals surface area contributed by atoms with E-state index in [1.807, 2.05) is 0 Å². The fourth-order valence-electron chi connectivity index (χ4n) is 12.0. The third-order valence-corrected chi connectivity index (χ3v) is 14.1. The van der Waals surface area contributed by atoms with Crippen molar-refractivity contribution in [2.45, 2.75) is 10.8 Å². The molecule has 1 heteroatoms. The van der Waals surface area contributed by atoms with Gasteiger partial charge in [-0.2, -0.15) is 0 Å². The highest BCUT2D eigenvalue weighted by Gasteiger charge is 2.54. The van der Waals surface area contributed by atoms with Gasteiger partial charge in [0.1, 0.15) is 11.5 Å². The van der Waals surface area contributed by atoms with Crippen molar-refractivity contribution in [3.05, 3.63) is 251 Å². The van der Waals surface area contributed by atoms with Crippen LogP contribution in [-0.4, -0.2) is 0 Å². The molecule has 0 fully saturated rings. The molecule has 272 valence electrons. The van der Waals surface area contributed by atoms with E-state index < -0.39 is 10.8 Å². The van der Waals surface area contributed by atoms with Gasteiger partial charge >= 0.3 is 0 Å². The van der Waals surface area contributed by atoms with Crippen molar-refractivity contribution in [3.63, 3.8) is 0 Å². The third-order valence-electron chi connectivity index (χ3n) is 14.1. The number of hydrogen-bond donors (Lipinski definition) is 0. The highest BCUT2D eigenvalue weighted by Crippen LogP contribution is 2.67. The Hall–Kier alpha value is -7.48. The second-order valence-corrected chi connectivity index (χ2v) is 16.6. The molecule has 0 amide bonds. The lowest BCUT2D eigenvalue weighted by Gasteiger charge is -2.40. The standard InChI is InChI=1S/C58H34O/c1-3-16-38-35(14-1)28-31-50-54(38)43-20-7-11-25-47(43)57(50)48-26-12-8-21-44(48)55-39(22-13-27-49(55)57)37-30-32-52-51(34-37)58(56-40-17-4-2-15-36(40)29-33-53(56)59-52)45-23-9-5-18-41(45)42-19-6-10-24-46(42)58/h1-34H. The van der Waals surface area contributed by atoms with Crippen molar-refractivity contribution >= 4 is 21.5 Å². The Morgan fingerprint density at radius 2 is 0.780 bits per heavy atom. The van der Waals surface area contributed by atoms with Gasteiger partial charge in [0.15, 0.2) is 0 Å². The van der Waals surface area contributed by atoms with Gasteiger partial charge in [0.25, 0.3) is 0 Å². The van der Waals surface area contributed by atoms with Crippen molar-refractivity contribution in [1.29, 1.82) is 0 Å². The van der Waals surface area contributed by atoms with Crippen molar-refractivity contribution < 1.29 is 4.74 Å². The first-order chi connectivity index (χ1) is 29.3. The van der Waals surface area contributed by atoms with Crippen molar-refractivity contribution in [2.24, 2.45) is 0 Å². The van der Waals surface area contributed by atoms with Crippen molar-refractivity contribution in [2.75, 3.05) is 0 Å². The summed E-state index contributed by atoms with van der Waals surface area (Å²) in [5.74, 6) is 1.82. The zero-order valence-electron chi connectivity index (χ0n) is 32.0. The summed E-state index contributed by atoms with van der Waals surface area (Å²) < 4.78 is 7.03. The van der Waals surface area contributed by atoms with Crippen LogP contribution in [0.4, 0.5) is 0 Å². The Morgan fingerprint density at radius 1 is 0.288 bits per heavy atom. The number of rotatable bonds is 1. The number of fused-ring (bicyclic) bond motifs is 23. The van der Waals surface area contributed by atoms with E-state index in [9.17, 15) is 0 Å². The molecule has 0 bridgehead atoms. The molecule has 1 aliphatic heterocycles. The number of hydrogen-bond acceptors (Lipinski definition) is 1. The third kappa shape index (κ3) is 3.69. The minimum Gasteiger partial charge on any atom is -0.457 e. The second kappa shape index (κ2) is 11.1. The van der Waals surface area contributed by atoms with Gasteiger partial charge in [-0.3, -0.25) is 0 Å². The lowest BCUT2D eigenvalue weighted by atomic mass is 9.64. The van der Waals surface area contributed by atoms with Gasteiger partial charge in [0.05, 0.1) is 10.8 Å². The van der Waals surface area contributed by atoms with Gasteiger partial charge < -0.3 is 4.74 Å². The van der Waals surface area contributed by atoms with Gasteiger partial charge in [0, 0.05) is 11.1 Å². The van der Waals surface area contributed by atoms with E-state index in [0.29, 0.717) is 0 Å². The molecule has 10 aromatic rings. The summed E-state index contributed by atoms with van der Waals surface area (Å²) in [6.07, 6.45) is 0. The minimum absolute atomic E-state index is 0.447. The SMILES string of the molecule is c1ccc2c(c1)-c1c(-c3ccc4c(c3)C3(c5ccccc5-c5ccccc53)c3c(ccc5ccccc35)O4)cccc1C21c2ccccc2-c2c1ccc1ccccc21. The molecule has 3 aliphatic carbocycles. The molecule has 0 aromatic heterocycles. The molecular formula is C58H34O. The molecule has 1 atom stereocenters. The summed E-state index contributed by atoms with van der Waals surface area (Å²) in [6, 6.07) is 77.2. The Morgan fingerprint density at radius 3 is 1.49 bits per heavy atom. The zero-order valence-corrected chi connectivity index (χ0v) is 32.0. The van der Waals surface area contributed by atoms with E-state index >= 15 is 0 Å². The Kier molecular flexibility index (Phi) is 5.96. The van der Waals surface area contributed by atoms with Crippen molar-refractivity contribution in [1.82, 2.24) is 0 Å². The summed E-state index contributed by atoms with van der Waals surface area (Å²) in [4.78, 5) is 0. The van der Waals surface area contributed by atoms with E-state index in [-0.39, 0.29) is 0 Å². The molecule has 0 saturated heterocycles. The van der Waals surface area contributed by atoms with Crippen LogP contribution in [0, 0.1) is 0 Å². The monoisotopic (exact) mass is 746 g/mol. The first-order valence-corrected chi connectivity index (χ1v) is 20.7. The lowest BCUT2D eigenvalue weighted by molar-refractivity contribution is 0.438. The maximum atomic E-state index is 7.03. The van der Waals surface area contributed by atoms with Crippen LogP contribution in [0.15, 0.2) is 206 Å². The first-order valence-electron chi connectivity index (χ1n) is 20.7. The molecular weight excluding hydrogens is 713 g/mol. The van der Waals surface area contributed by atoms with E-state index in [2.05, 4.69) is 206 Å². The molecule has 4 aliphatic rings. The van der Waals surface area contributed by atoms with Crippen LogP contribution >= 0.6 is 0 Å². The van der Waals surface area contributed by atoms with E-state index in [4.69, 9.17) is 4.74 Å². The fraction of sp³-hybridized carbons (Fsp3) is 0.0345. The highest BCUT2D eigenvalue weighted by atomic mass is 16.5. The van der Waals surface area contributed by atoms with Gasteiger partial charge in [-0.1, -0.05) is 188 Å². The minimum atomic E-state index is -0.589. The van der Waals surface area contributed by atoms with Gasteiger partial charge in [0.2, 0.25) is 0 Å². The normalized spacial score (nSPS) is 16.5. The van der Waals surface area contributed by atoms with Crippen LogP contribution in [0.5, 0.6) is 11.5 Å². The summed E-state index contributed by atoms with van der Waals surface area (Å²) in [7, 11) is 0. The first kappa shape index (κ1) is 31.6. The number of ether oxygens (including phenoxy) is 1. The fourth-order valence-corrected chi connectivity index (χ4v) is 12.0. The molecule has 1 unspecified atom stereocenters. The van der Waals surface area contributed by atoms with Crippen LogP contribution in [0.25, 0.3) is 66.1 Å². The van der Waals surface area contributed by atoms with Crippen molar-refractivity contribution in [3.8, 4) is 56.0 Å². The molecule has 0 N–H and O–H groups in total. The van der Waals surface area contributed by atoms with Crippen LogP contribution < -0.4 is 4.74 Å². The maximum absolute atomic E-state index is 7.03. The Labute approximate surface area is 342 Å². The van der Waals surface area contributed by atoms with Crippen LogP contribution in [0.2, 0.25) is 0 Å². The van der Waals surface area contributed by atoms with E-state index in [1.54, 1.807) is 0 Å². The van der Waals surface area contributed by atoms with Crippen LogP contribution in [0.1, 0.15) is 44.5 Å². The average Bonchev–Trinajstić information content (AvgIpc) is 3.89. The molecule has 14 rings (SSSR count). The topological polar surface area (TPSA) is 9.23 Å². The summed E-state index contributed by atoms with van der Waals surface area (Å²) in [6.45, 7) is 0. The Bertz CT molecular complexity index is 3450. The van der Waals surface area contributed by atoms with Crippen LogP contribution in [-0.2, 0) is 10.8 Å². The average molecular weight is 747 g/mol. The Balaban J connectivity index is 1.08. The second-order valence-electron chi connectivity index (χ2n) is 16.6. The highest BCUT2D eigenvalue weighted by molar-refractivity contribution is 6.07.